The van der Waals surface area contributed by atoms with Gasteiger partial charge in [-0.25, -0.2) is 14.3 Å². The van der Waals surface area contributed by atoms with E-state index in [0.717, 1.165) is 31.7 Å². The highest BCUT2D eigenvalue weighted by molar-refractivity contribution is 5.95. The zero-order valence-corrected chi connectivity index (χ0v) is 20.2. The second-order valence-corrected chi connectivity index (χ2v) is 10.6. The Morgan fingerprint density at radius 1 is 1.19 bits per heavy atom. The summed E-state index contributed by atoms with van der Waals surface area (Å²) in [6, 6.07) is -0.332. The van der Waals surface area contributed by atoms with E-state index in [4.69, 9.17) is 10.5 Å². The maximum absolute atomic E-state index is 14.0. The van der Waals surface area contributed by atoms with Gasteiger partial charge in [0.05, 0.1) is 24.4 Å². The average Bonchev–Trinajstić information content (AvgIpc) is 3.18. The number of aromatic nitrogens is 2. The third kappa shape index (κ3) is 5.14. The van der Waals surface area contributed by atoms with Gasteiger partial charge in [-0.15, -0.1) is 0 Å². The predicted octanol–water partition coefficient (Wildman–Crippen LogP) is 3.28. The molecule has 36 heavy (non-hydrogen) atoms. The Morgan fingerprint density at radius 3 is 2.39 bits per heavy atom. The molecule has 0 radical (unpaired) electrons. The lowest BCUT2D eigenvalue weighted by Gasteiger charge is -2.58. The molecule has 4 aliphatic carbocycles. The minimum Gasteiger partial charge on any atom is -0.453 e. The zero-order chi connectivity index (χ0) is 26.5. The van der Waals surface area contributed by atoms with Crippen molar-refractivity contribution in [3.05, 3.63) is 23.5 Å². The Morgan fingerprint density at radius 2 is 1.83 bits per heavy atom. The molecule has 10 nitrogen and oxygen atoms in total. The number of alkyl halides is 3. The van der Waals surface area contributed by atoms with Crippen LogP contribution in [0.1, 0.15) is 62.0 Å². The van der Waals surface area contributed by atoms with E-state index in [9.17, 15) is 27.6 Å². The standard InChI is InChI=1S/C23H30F3N5O5/c1-21(2,30-20(34)35-3)4-5-31-17(23(24,25)26)15(11-28-31)18(32)29-16-13-6-12-7-14(16)10-22(8-12,9-13)36-19(27)33/h4-5,11-14,16H,6-10H2,1-3H3,(H2,27,33)(H,29,32)(H,30,34)/b5-4+/t12?,13?,14?,16-,22-. The van der Waals surface area contributed by atoms with Crippen molar-refractivity contribution in [2.24, 2.45) is 23.5 Å². The van der Waals surface area contributed by atoms with E-state index in [1.807, 2.05) is 0 Å². The van der Waals surface area contributed by atoms with Crippen LogP contribution in [0, 0.1) is 17.8 Å². The number of carbonyl (C=O) groups excluding carboxylic acids is 3. The Kier molecular flexibility index (Phi) is 6.46. The number of nitrogens with one attached hydrogen (secondary N) is 2. The van der Waals surface area contributed by atoms with Crippen LogP contribution in [-0.4, -0.2) is 52.2 Å². The van der Waals surface area contributed by atoms with Crippen LogP contribution in [0.4, 0.5) is 22.8 Å². The van der Waals surface area contributed by atoms with E-state index in [1.165, 1.54) is 13.2 Å². The van der Waals surface area contributed by atoms with E-state index in [1.54, 1.807) is 13.8 Å². The molecule has 1 heterocycles. The molecule has 0 saturated heterocycles. The fourth-order valence-corrected chi connectivity index (χ4v) is 6.29. The Hall–Kier alpha value is -3.25. The molecule has 2 atom stereocenters. The molecular formula is C23H30F3N5O5. The van der Waals surface area contributed by atoms with Crippen LogP contribution < -0.4 is 16.4 Å². The Bertz CT molecular complexity index is 1070. The average molecular weight is 514 g/mol. The van der Waals surface area contributed by atoms with Gasteiger partial charge in [-0.1, -0.05) is 0 Å². The largest absolute Gasteiger partial charge is 0.453 e. The van der Waals surface area contributed by atoms with Crippen molar-refractivity contribution in [1.29, 1.82) is 0 Å². The van der Waals surface area contributed by atoms with Crippen LogP contribution in [0.5, 0.6) is 0 Å². The first-order valence-corrected chi connectivity index (χ1v) is 11.7. The van der Waals surface area contributed by atoms with Crippen molar-refractivity contribution in [1.82, 2.24) is 20.4 Å². The minimum atomic E-state index is -4.86. The molecule has 4 bridgehead atoms. The molecular weight excluding hydrogens is 483 g/mol. The summed E-state index contributed by atoms with van der Waals surface area (Å²) in [4.78, 5) is 36.0. The molecule has 1 aromatic heterocycles. The molecule has 198 valence electrons. The quantitative estimate of drug-likeness (QED) is 0.534. The van der Waals surface area contributed by atoms with Crippen LogP contribution in [0.25, 0.3) is 6.20 Å². The van der Waals surface area contributed by atoms with Gasteiger partial charge in [0, 0.05) is 12.2 Å². The highest BCUT2D eigenvalue weighted by Crippen LogP contribution is 2.57. The number of nitrogens with two attached hydrogens (primary N) is 1. The number of ether oxygens (including phenoxy) is 2. The normalized spacial score (nSPS) is 29.3. The van der Waals surface area contributed by atoms with E-state index < -0.39 is 46.7 Å². The van der Waals surface area contributed by atoms with Crippen LogP contribution in [0.2, 0.25) is 0 Å². The van der Waals surface area contributed by atoms with Crippen LogP contribution in [0.3, 0.4) is 0 Å². The molecule has 5 rings (SSSR count). The number of amides is 3. The zero-order valence-electron chi connectivity index (χ0n) is 20.2. The van der Waals surface area contributed by atoms with Crippen molar-refractivity contribution in [3.63, 3.8) is 0 Å². The number of primary amides is 1. The summed E-state index contributed by atoms with van der Waals surface area (Å²) in [5, 5.41) is 9.06. The highest BCUT2D eigenvalue weighted by atomic mass is 19.4. The van der Waals surface area contributed by atoms with Crippen molar-refractivity contribution in [2.45, 2.75) is 69.3 Å². The van der Waals surface area contributed by atoms with Gasteiger partial charge in [-0.2, -0.15) is 18.3 Å². The number of hydrogen-bond donors (Lipinski definition) is 3. The Labute approximate surface area is 205 Å². The van der Waals surface area contributed by atoms with Gasteiger partial charge in [0.15, 0.2) is 5.69 Å². The number of rotatable bonds is 6. The SMILES string of the molecule is COC(=O)NC(C)(C)/C=C/n1ncc(C(=O)N[C@H]2C3CC4CC2C[C@](OC(N)=O)(C4)C3)c1C(F)(F)F. The minimum absolute atomic E-state index is 0.0194. The number of hydrogen-bond acceptors (Lipinski definition) is 6. The van der Waals surface area contributed by atoms with E-state index in [0.29, 0.717) is 23.4 Å². The lowest BCUT2D eigenvalue weighted by atomic mass is 9.52. The van der Waals surface area contributed by atoms with E-state index >= 15 is 0 Å². The lowest BCUT2D eigenvalue weighted by molar-refractivity contribution is -0.143. The summed E-state index contributed by atoms with van der Waals surface area (Å²) in [5.41, 5.74) is 1.75. The molecule has 1 aromatic rings. The second-order valence-electron chi connectivity index (χ2n) is 10.6. The molecule has 4 fully saturated rings. The van der Waals surface area contributed by atoms with Crippen molar-refractivity contribution >= 4 is 24.3 Å². The summed E-state index contributed by atoms with van der Waals surface area (Å²) in [6.45, 7) is 3.12. The van der Waals surface area contributed by atoms with Crippen LogP contribution in [0.15, 0.2) is 12.3 Å². The number of nitrogens with zero attached hydrogens (tertiary/aromatic N) is 2. The van der Waals surface area contributed by atoms with Crippen LogP contribution in [-0.2, 0) is 15.7 Å². The predicted molar refractivity (Wildman–Crippen MR) is 120 cm³/mol. The van der Waals surface area contributed by atoms with Gasteiger partial charge >= 0.3 is 18.4 Å². The van der Waals surface area contributed by atoms with Crippen molar-refractivity contribution in [3.8, 4) is 0 Å². The summed E-state index contributed by atoms with van der Waals surface area (Å²) >= 11 is 0. The number of carbonyl (C=O) groups is 3. The van der Waals surface area contributed by atoms with Gasteiger partial charge in [-0.3, -0.25) is 4.79 Å². The van der Waals surface area contributed by atoms with Crippen molar-refractivity contribution < 1.29 is 37.0 Å². The second kappa shape index (κ2) is 9.00. The van der Waals surface area contributed by atoms with Gasteiger partial charge < -0.3 is 25.8 Å². The molecule has 4 saturated carbocycles. The molecule has 4 aliphatic rings. The third-order valence-corrected chi connectivity index (χ3v) is 7.38. The first kappa shape index (κ1) is 25.8. The number of halogens is 3. The van der Waals surface area contributed by atoms with E-state index in [-0.39, 0.29) is 17.9 Å². The molecule has 0 spiro atoms. The maximum Gasteiger partial charge on any atom is 0.434 e. The van der Waals surface area contributed by atoms with Gasteiger partial charge in [0.1, 0.15) is 5.60 Å². The first-order valence-electron chi connectivity index (χ1n) is 11.7. The van der Waals surface area contributed by atoms with Gasteiger partial charge in [0.25, 0.3) is 5.91 Å². The highest BCUT2D eigenvalue weighted by Gasteiger charge is 2.57. The fraction of sp³-hybridized carbons (Fsp3) is 0.652. The molecule has 0 aromatic carbocycles. The Balaban J connectivity index is 1.54. The van der Waals surface area contributed by atoms with E-state index in [2.05, 4.69) is 20.5 Å². The first-order chi connectivity index (χ1) is 16.7. The van der Waals surface area contributed by atoms with Crippen molar-refractivity contribution in [2.75, 3.05) is 7.11 Å². The molecule has 0 aliphatic heterocycles. The number of alkyl carbamates (subject to hydrolysis) is 1. The van der Waals surface area contributed by atoms with Gasteiger partial charge in [-0.05, 0) is 69.8 Å². The topological polar surface area (TPSA) is 138 Å². The summed E-state index contributed by atoms with van der Waals surface area (Å²) in [5.74, 6) is -0.574. The van der Waals surface area contributed by atoms with Crippen LogP contribution >= 0.6 is 0 Å². The third-order valence-electron chi connectivity index (χ3n) is 7.38. The maximum atomic E-state index is 14.0. The van der Waals surface area contributed by atoms with Gasteiger partial charge in [0.2, 0.25) is 0 Å². The number of methoxy groups -OCH3 is 1. The lowest BCUT2D eigenvalue weighted by Crippen LogP contribution is -2.63. The molecule has 2 unspecified atom stereocenters. The smallest absolute Gasteiger partial charge is 0.434 e. The monoisotopic (exact) mass is 513 g/mol. The fourth-order valence-electron chi connectivity index (χ4n) is 6.29. The molecule has 4 N–H and O–H groups in total. The summed E-state index contributed by atoms with van der Waals surface area (Å²) in [6.07, 6.45) is 0.166. The summed E-state index contributed by atoms with van der Waals surface area (Å²) in [7, 11) is 1.17. The summed E-state index contributed by atoms with van der Waals surface area (Å²) < 4.78 is 52.6. The molecule has 13 heteroatoms. The molecule has 3 amide bonds.